The van der Waals surface area contributed by atoms with Crippen molar-refractivity contribution in [1.29, 1.82) is 0 Å². The Balaban J connectivity index is 1.86. The second-order valence-electron chi connectivity index (χ2n) is 6.34. The molecule has 112 valence electrons. The van der Waals surface area contributed by atoms with Crippen LogP contribution in [0.15, 0.2) is 18.2 Å². The molecule has 3 atom stereocenters. The maximum absolute atomic E-state index is 12.5. The van der Waals surface area contributed by atoms with Gasteiger partial charge in [-0.15, -0.1) is 11.3 Å². The van der Waals surface area contributed by atoms with Crippen molar-refractivity contribution in [3.63, 3.8) is 0 Å². The molecule has 3 rings (SSSR count). The molecule has 1 aromatic carbocycles. The number of fused-ring (bicyclic) bond motifs is 1. The Bertz CT molecular complexity index is 691. The van der Waals surface area contributed by atoms with E-state index in [1.165, 1.54) is 23.3 Å². The highest BCUT2D eigenvalue weighted by atomic mass is 32.1. The van der Waals surface area contributed by atoms with E-state index in [1.807, 2.05) is 12.1 Å². The third kappa shape index (κ3) is 2.53. The zero-order valence-corrected chi connectivity index (χ0v) is 13.6. The van der Waals surface area contributed by atoms with Gasteiger partial charge < -0.3 is 11.1 Å². The molecule has 2 aromatic rings. The number of carbonyl (C=O) groups is 1. The van der Waals surface area contributed by atoms with Gasteiger partial charge in [0.05, 0.1) is 5.69 Å². The minimum atomic E-state index is -0.0164. The number of aryl methyl sites for hydroxylation is 1. The van der Waals surface area contributed by atoms with Gasteiger partial charge in [-0.2, -0.15) is 0 Å². The number of nitrogens with one attached hydrogen (secondary N) is 1. The molecule has 1 aliphatic rings. The van der Waals surface area contributed by atoms with Crippen LogP contribution in [-0.4, -0.2) is 11.9 Å². The van der Waals surface area contributed by atoms with Gasteiger partial charge in [-0.25, -0.2) is 0 Å². The van der Waals surface area contributed by atoms with E-state index in [9.17, 15) is 4.79 Å². The first kappa shape index (κ1) is 14.4. The lowest BCUT2D eigenvalue weighted by Crippen LogP contribution is -2.37. The molecule has 1 heterocycles. The largest absolute Gasteiger partial charge is 0.397 e. The first-order valence-electron chi connectivity index (χ1n) is 7.57. The van der Waals surface area contributed by atoms with Gasteiger partial charge in [-0.05, 0) is 43.2 Å². The van der Waals surface area contributed by atoms with Crippen molar-refractivity contribution < 1.29 is 4.79 Å². The van der Waals surface area contributed by atoms with Gasteiger partial charge in [0.15, 0.2) is 0 Å². The Morgan fingerprint density at radius 3 is 2.76 bits per heavy atom. The minimum absolute atomic E-state index is 0.0164. The Hall–Kier alpha value is -1.55. The van der Waals surface area contributed by atoms with Crippen LogP contribution < -0.4 is 11.1 Å². The van der Waals surface area contributed by atoms with Crippen molar-refractivity contribution in [3.8, 4) is 0 Å². The van der Waals surface area contributed by atoms with E-state index in [0.29, 0.717) is 22.4 Å². The summed E-state index contributed by atoms with van der Waals surface area (Å²) in [7, 11) is 0. The number of amides is 1. The molecule has 1 saturated carbocycles. The average molecular weight is 302 g/mol. The van der Waals surface area contributed by atoms with Gasteiger partial charge in [0, 0.05) is 16.1 Å². The first-order valence-corrected chi connectivity index (χ1v) is 8.38. The normalized spacial score (nSPS) is 25.4. The quantitative estimate of drug-likeness (QED) is 0.882. The van der Waals surface area contributed by atoms with Gasteiger partial charge in [0.1, 0.15) is 4.88 Å². The van der Waals surface area contributed by atoms with Gasteiger partial charge in [0.25, 0.3) is 5.91 Å². The second-order valence-corrected chi connectivity index (χ2v) is 7.39. The van der Waals surface area contributed by atoms with Crippen molar-refractivity contribution in [3.05, 3.63) is 28.6 Å². The molecule has 1 aromatic heterocycles. The molecule has 1 amide bonds. The number of carbonyl (C=O) groups excluding carboxylic acids is 1. The van der Waals surface area contributed by atoms with Crippen LogP contribution in [0, 0.1) is 18.8 Å². The fraction of sp³-hybridized carbons (Fsp3) is 0.471. The van der Waals surface area contributed by atoms with Crippen LogP contribution in [0.4, 0.5) is 5.69 Å². The van der Waals surface area contributed by atoms with Crippen LogP contribution in [0.5, 0.6) is 0 Å². The summed E-state index contributed by atoms with van der Waals surface area (Å²) in [5.41, 5.74) is 7.98. The van der Waals surface area contributed by atoms with Gasteiger partial charge in [-0.1, -0.05) is 26.0 Å². The Labute approximate surface area is 129 Å². The summed E-state index contributed by atoms with van der Waals surface area (Å²) in [6.07, 6.45) is 2.26. The number of anilines is 1. The number of benzene rings is 1. The lowest BCUT2D eigenvalue weighted by atomic mass is 9.98. The molecule has 0 spiro atoms. The Morgan fingerprint density at radius 1 is 1.33 bits per heavy atom. The van der Waals surface area contributed by atoms with Crippen LogP contribution >= 0.6 is 11.3 Å². The summed E-state index contributed by atoms with van der Waals surface area (Å²) >= 11 is 1.49. The van der Waals surface area contributed by atoms with Crippen LogP contribution in [0.1, 0.15) is 41.9 Å². The summed E-state index contributed by atoms with van der Waals surface area (Å²) < 4.78 is 1.09. The maximum Gasteiger partial charge on any atom is 0.263 e. The molecule has 1 fully saturated rings. The second kappa shape index (κ2) is 5.34. The molecular weight excluding hydrogens is 280 g/mol. The monoisotopic (exact) mass is 302 g/mol. The van der Waals surface area contributed by atoms with Crippen molar-refractivity contribution in [2.45, 2.75) is 39.7 Å². The van der Waals surface area contributed by atoms with E-state index in [1.54, 1.807) is 0 Å². The van der Waals surface area contributed by atoms with E-state index < -0.39 is 0 Å². The molecule has 3 unspecified atom stereocenters. The Morgan fingerprint density at radius 2 is 2.10 bits per heavy atom. The van der Waals surface area contributed by atoms with Gasteiger partial charge >= 0.3 is 0 Å². The van der Waals surface area contributed by atoms with Gasteiger partial charge in [-0.3, -0.25) is 4.79 Å². The van der Waals surface area contributed by atoms with Crippen molar-refractivity contribution in [1.82, 2.24) is 5.32 Å². The molecule has 0 saturated heterocycles. The molecule has 1 aliphatic carbocycles. The molecule has 4 heteroatoms. The molecule has 3 nitrogen and oxygen atoms in total. The number of hydrogen-bond acceptors (Lipinski definition) is 3. The predicted molar refractivity (Wildman–Crippen MR) is 89.8 cm³/mol. The molecular formula is C17H22N2OS. The third-order valence-electron chi connectivity index (χ3n) is 4.87. The molecule has 0 radical (unpaired) electrons. The summed E-state index contributed by atoms with van der Waals surface area (Å²) in [4.78, 5) is 13.2. The average Bonchev–Trinajstić information content (AvgIpc) is 2.93. The molecule has 21 heavy (non-hydrogen) atoms. The summed E-state index contributed by atoms with van der Waals surface area (Å²) in [6.45, 7) is 6.53. The fourth-order valence-electron chi connectivity index (χ4n) is 3.19. The van der Waals surface area contributed by atoms with Crippen LogP contribution in [0.2, 0.25) is 0 Å². The number of hydrogen-bond donors (Lipinski definition) is 2. The topological polar surface area (TPSA) is 55.1 Å². The zero-order valence-electron chi connectivity index (χ0n) is 12.8. The number of rotatable bonds is 2. The van der Waals surface area contributed by atoms with Crippen molar-refractivity contribution in [2.75, 3.05) is 5.73 Å². The fourth-order valence-corrected chi connectivity index (χ4v) is 4.32. The van der Waals surface area contributed by atoms with Gasteiger partial charge in [0.2, 0.25) is 0 Å². The molecule has 0 aliphatic heterocycles. The standard InChI is InChI=1S/C17H22N2OS/c1-9-4-6-12-14(8-9)21-16(15(12)18)17(20)19-13-7-5-10(2)11(13)3/h4,6,8,10-11,13H,5,7,18H2,1-3H3,(H,19,20). The highest BCUT2D eigenvalue weighted by Gasteiger charge is 2.31. The molecule has 0 bridgehead atoms. The smallest absolute Gasteiger partial charge is 0.263 e. The van der Waals surface area contributed by atoms with E-state index in [-0.39, 0.29) is 11.9 Å². The Kier molecular flexibility index (Phi) is 3.66. The van der Waals surface area contributed by atoms with Crippen LogP contribution in [0.3, 0.4) is 0 Å². The molecule has 3 N–H and O–H groups in total. The van der Waals surface area contributed by atoms with Crippen molar-refractivity contribution in [2.24, 2.45) is 11.8 Å². The van der Waals surface area contributed by atoms with E-state index in [0.717, 1.165) is 16.5 Å². The van der Waals surface area contributed by atoms with Crippen molar-refractivity contribution >= 4 is 33.0 Å². The SMILES string of the molecule is Cc1ccc2c(N)c(C(=O)NC3CCC(C)C3C)sc2c1. The zero-order chi connectivity index (χ0) is 15.1. The number of thiophene rings is 1. The van der Waals surface area contributed by atoms with E-state index >= 15 is 0 Å². The van der Waals surface area contributed by atoms with Crippen LogP contribution in [0.25, 0.3) is 10.1 Å². The van der Waals surface area contributed by atoms with E-state index in [4.69, 9.17) is 5.73 Å². The maximum atomic E-state index is 12.5. The summed E-state index contributed by atoms with van der Waals surface area (Å²) in [5, 5.41) is 4.17. The number of nitrogen functional groups attached to an aromatic ring is 1. The lowest BCUT2D eigenvalue weighted by molar-refractivity contribution is 0.0932. The number of nitrogens with two attached hydrogens (primary N) is 1. The highest BCUT2D eigenvalue weighted by molar-refractivity contribution is 7.21. The lowest BCUT2D eigenvalue weighted by Gasteiger charge is -2.19. The summed E-state index contributed by atoms with van der Waals surface area (Å²) in [5.74, 6) is 1.20. The first-order chi connectivity index (χ1) is 9.97. The van der Waals surface area contributed by atoms with E-state index in [2.05, 4.69) is 32.2 Å². The van der Waals surface area contributed by atoms with Crippen LogP contribution in [-0.2, 0) is 0 Å². The third-order valence-corrected chi connectivity index (χ3v) is 6.04. The summed E-state index contributed by atoms with van der Waals surface area (Å²) in [6, 6.07) is 6.41. The minimum Gasteiger partial charge on any atom is -0.397 e. The highest BCUT2D eigenvalue weighted by Crippen LogP contribution is 2.35. The predicted octanol–water partition coefficient (Wildman–Crippen LogP) is 3.96.